The molecule has 172 valence electrons. The summed E-state index contributed by atoms with van der Waals surface area (Å²) in [4.78, 5) is 14.5. The number of benzene rings is 2. The molecule has 4 aromatic heterocycles. The minimum absolute atomic E-state index is 1.04. The molecule has 5 heterocycles. The lowest BCUT2D eigenvalue weighted by Crippen LogP contribution is -2.15. The number of rotatable bonds is 2. The molecular formula is C32H24N4. The van der Waals surface area contributed by atoms with Gasteiger partial charge in [-0.2, -0.15) is 0 Å². The van der Waals surface area contributed by atoms with E-state index >= 15 is 0 Å². The van der Waals surface area contributed by atoms with Crippen LogP contribution in [0, 0.1) is 0 Å². The van der Waals surface area contributed by atoms with Gasteiger partial charge in [0.25, 0.3) is 0 Å². The number of aromatic amines is 4. The molecule has 8 bridgehead atoms. The molecule has 36 heavy (non-hydrogen) atoms. The van der Waals surface area contributed by atoms with E-state index in [1.165, 1.54) is 0 Å². The summed E-state index contributed by atoms with van der Waals surface area (Å²) in [6, 6.07) is 38.1. The number of hydrogen-bond acceptors (Lipinski definition) is 0. The van der Waals surface area contributed by atoms with Crippen LogP contribution in [-0.4, -0.2) is 19.9 Å². The molecule has 0 saturated heterocycles. The van der Waals surface area contributed by atoms with Crippen LogP contribution in [0.2, 0.25) is 0 Å². The van der Waals surface area contributed by atoms with Crippen LogP contribution in [0.25, 0.3) is 23.3 Å². The van der Waals surface area contributed by atoms with Gasteiger partial charge in [0, 0.05) is 55.3 Å². The second-order valence-electron chi connectivity index (χ2n) is 9.08. The Labute approximate surface area is 207 Å². The van der Waals surface area contributed by atoms with Crippen molar-refractivity contribution in [3.8, 4) is 0 Å². The third-order valence-corrected chi connectivity index (χ3v) is 6.66. The van der Waals surface area contributed by atoms with Crippen molar-refractivity contribution in [3.05, 3.63) is 164 Å². The Kier molecular flexibility index (Phi) is 4.74. The molecular weight excluding hydrogens is 440 g/mol. The van der Waals surface area contributed by atoms with E-state index in [1.54, 1.807) is 0 Å². The molecule has 0 saturated carbocycles. The van der Waals surface area contributed by atoms with Gasteiger partial charge < -0.3 is 19.9 Å². The van der Waals surface area contributed by atoms with Crippen molar-refractivity contribution in [2.45, 2.75) is 0 Å². The van der Waals surface area contributed by atoms with Crippen molar-refractivity contribution in [2.75, 3.05) is 0 Å². The minimum Gasteiger partial charge on any atom is -0.355 e. The van der Waals surface area contributed by atoms with E-state index in [0.717, 1.165) is 66.4 Å². The Hall–Kier alpha value is -4.96. The van der Waals surface area contributed by atoms with Gasteiger partial charge in [0.15, 0.2) is 0 Å². The van der Waals surface area contributed by atoms with E-state index < -0.39 is 0 Å². The molecule has 2 aromatic carbocycles. The van der Waals surface area contributed by atoms with Gasteiger partial charge in [0.1, 0.15) is 0 Å². The quantitative estimate of drug-likeness (QED) is 0.303. The third kappa shape index (κ3) is 3.65. The first-order valence-corrected chi connectivity index (χ1v) is 12.1. The summed E-state index contributed by atoms with van der Waals surface area (Å²) in [5.41, 5.74) is 8.82. The highest BCUT2D eigenvalue weighted by Crippen LogP contribution is 2.21. The predicted octanol–water partition coefficient (Wildman–Crippen LogP) is 3.46. The second-order valence-corrected chi connectivity index (χ2v) is 9.08. The lowest BCUT2D eigenvalue weighted by Gasteiger charge is -2.06. The van der Waals surface area contributed by atoms with Gasteiger partial charge in [0.2, 0.25) is 0 Å². The fraction of sp³-hybridized carbons (Fsp3) is 0. The number of nitrogens with one attached hydrogen (secondary N) is 4. The largest absolute Gasteiger partial charge is 0.355 e. The van der Waals surface area contributed by atoms with Crippen LogP contribution in [0.4, 0.5) is 0 Å². The Morgan fingerprint density at radius 1 is 0.361 bits per heavy atom. The smallest absolute Gasteiger partial charge is 0.0485 e. The van der Waals surface area contributed by atoms with Gasteiger partial charge in [-0.3, -0.25) is 0 Å². The molecule has 1 aliphatic heterocycles. The van der Waals surface area contributed by atoms with Gasteiger partial charge in [-0.15, -0.1) is 0 Å². The Morgan fingerprint density at radius 3 is 1.25 bits per heavy atom. The summed E-state index contributed by atoms with van der Waals surface area (Å²) in [6.45, 7) is 0. The topological polar surface area (TPSA) is 63.2 Å². The standard InChI is InChI=1S/C32H24N4/c1-3-7-21(8-4-1)31-27-15-11-23(33-27)19-25-13-17-29(35-25)32(22-9-5-2-6-10-22)30-18-14-26(36-30)20-24-12-16-28(31)34-24/h1-20,33-36H/b23-19-,24-20?,25-19?,26-20?,31-27-,31-28?,32-29?,32-30-. The first-order chi connectivity index (χ1) is 17.8. The van der Waals surface area contributed by atoms with Crippen LogP contribution < -0.4 is 21.4 Å². The van der Waals surface area contributed by atoms with Crippen molar-refractivity contribution in [1.29, 1.82) is 0 Å². The summed E-state index contributed by atoms with van der Waals surface area (Å²) in [7, 11) is 0. The van der Waals surface area contributed by atoms with Crippen molar-refractivity contribution in [2.24, 2.45) is 0 Å². The van der Waals surface area contributed by atoms with Crippen molar-refractivity contribution in [3.63, 3.8) is 0 Å². The number of H-pyrrole nitrogens is 4. The predicted molar refractivity (Wildman–Crippen MR) is 145 cm³/mol. The highest BCUT2D eigenvalue weighted by molar-refractivity contribution is 5.79. The van der Waals surface area contributed by atoms with Gasteiger partial charge >= 0.3 is 0 Å². The molecule has 0 fully saturated rings. The fourth-order valence-corrected chi connectivity index (χ4v) is 5.02. The van der Waals surface area contributed by atoms with Gasteiger partial charge in [-0.25, -0.2) is 0 Å². The van der Waals surface area contributed by atoms with Crippen LogP contribution in [-0.2, 0) is 0 Å². The maximum atomic E-state index is 3.63. The van der Waals surface area contributed by atoms with Crippen LogP contribution in [0.15, 0.2) is 109 Å². The van der Waals surface area contributed by atoms with E-state index in [-0.39, 0.29) is 0 Å². The molecule has 4 nitrogen and oxygen atoms in total. The van der Waals surface area contributed by atoms with Crippen molar-refractivity contribution >= 4 is 23.3 Å². The Morgan fingerprint density at radius 2 is 0.806 bits per heavy atom. The van der Waals surface area contributed by atoms with E-state index in [4.69, 9.17) is 0 Å². The number of aromatic nitrogens is 4. The zero-order valence-electron chi connectivity index (χ0n) is 19.5. The average Bonchev–Trinajstić information content (AvgIpc) is 3.72. The SMILES string of the molecule is C1=c2cc/c([nH]2)=C(\c2ccccc2)c2ccc([nH]2)/C=c2/cc/c([nH]2)=C(\c2ccccc2)c2ccc1[nH]2. The zero-order valence-corrected chi connectivity index (χ0v) is 19.5. The molecule has 1 aliphatic rings. The lowest BCUT2D eigenvalue weighted by molar-refractivity contribution is 1.21. The first-order valence-electron chi connectivity index (χ1n) is 12.1. The maximum absolute atomic E-state index is 3.63. The van der Waals surface area contributed by atoms with E-state index in [9.17, 15) is 0 Å². The molecule has 0 spiro atoms. The van der Waals surface area contributed by atoms with Crippen molar-refractivity contribution in [1.82, 2.24) is 19.9 Å². The van der Waals surface area contributed by atoms with Crippen LogP contribution >= 0.6 is 0 Å². The third-order valence-electron chi connectivity index (χ3n) is 6.66. The fourth-order valence-electron chi connectivity index (χ4n) is 5.02. The second kappa shape index (κ2) is 8.36. The highest BCUT2D eigenvalue weighted by Gasteiger charge is 2.11. The Bertz CT molecular complexity index is 1780. The van der Waals surface area contributed by atoms with E-state index in [0.29, 0.717) is 0 Å². The first kappa shape index (κ1) is 20.4. The van der Waals surface area contributed by atoms with Gasteiger partial charge in [-0.05, 0) is 71.8 Å². The van der Waals surface area contributed by atoms with Crippen LogP contribution in [0.3, 0.4) is 0 Å². The maximum Gasteiger partial charge on any atom is 0.0485 e. The monoisotopic (exact) mass is 464 g/mol. The highest BCUT2D eigenvalue weighted by atomic mass is 14.8. The summed E-state index contributed by atoms with van der Waals surface area (Å²) < 4.78 is 0. The van der Waals surface area contributed by atoms with E-state index in [2.05, 4.69) is 129 Å². The molecule has 0 aliphatic carbocycles. The summed E-state index contributed by atoms with van der Waals surface area (Å²) in [6.07, 6.45) is 4.30. The molecule has 0 atom stereocenters. The van der Waals surface area contributed by atoms with Crippen LogP contribution in [0.1, 0.15) is 33.9 Å². The molecule has 7 rings (SSSR count). The molecule has 6 aromatic rings. The Balaban J connectivity index is 1.54. The van der Waals surface area contributed by atoms with E-state index in [1.807, 2.05) is 12.1 Å². The summed E-state index contributed by atoms with van der Waals surface area (Å²) in [5, 5.41) is 4.22. The van der Waals surface area contributed by atoms with Crippen LogP contribution in [0.5, 0.6) is 0 Å². The zero-order chi connectivity index (χ0) is 23.9. The van der Waals surface area contributed by atoms with Gasteiger partial charge in [-0.1, -0.05) is 60.7 Å². The number of hydrogen-bond donors (Lipinski definition) is 4. The van der Waals surface area contributed by atoms with Crippen molar-refractivity contribution < 1.29 is 0 Å². The molecule has 4 heteroatoms. The normalized spacial score (nSPS) is 16.7. The molecule has 4 N–H and O–H groups in total. The minimum atomic E-state index is 1.04. The average molecular weight is 465 g/mol. The number of fused-ring (bicyclic) bond motifs is 8. The van der Waals surface area contributed by atoms with Gasteiger partial charge in [0.05, 0.1) is 0 Å². The molecule has 0 radical (unpaired) electrons. The lowest BCUT2D eigenvalue weighted by atomic mass is 10.0. The summed E-state index contributed by atoms with van der Waals surface area (Å²) >= 11 is 0. The summed E-state index contributed by atoms with van der Waals surface area (Å²) in [5.74, 6) is 0. The molecule has 0 unspecified atom stereocenters. The molecule has 0 amide bonds.